The van der Waals surface area contributed by atoms with E-state index in [-0.39, 0.29) is 23.5 Å². The van der Waals surface area contributed by atoms with E-state index in [2.05, 4.69) is 10.4 Å². The molecule has 2 aliphatic rings. The third kappa shape index (κ3) is 2.39. The standard InChI is InChI=1S/C17H28N4O2/c1-5-23-14-9-17(18,16(14,2)3)15(22)20-12-7-6-8-13-11(12)10-19-21(13)4/h10,12,14H,5-9,18H2,1-4H3,(H,20,22). The van der Waals surface area contributed by atoms with Gasteiger partial charge in [-0.25, -0.2) is 0 Å². The van der Waals surface area contributed by atoms with Gasteiger partial charge < -0.3 is 15.8 Å². The molecule has 0 radical (unpaired) electrons. The lowest BCUT2D eigenvalue weighted by molar-refractivity contribution is -0.171. The second kappa shape index (κ2) is 5.60. The molecule has 1 amide bonds. The van der Waals surface area contributed by atoms with E-state index in [4.69, 9.17) is 10.5 Å². The Bertz CT molecular complexity index is 610. The van der Waals surface area contributed by atoms with Crippen molar-refractivity contribution in [2.45, 2.75) is 64.1 Å². The summed E-state index contributed by atoms with van der Waals surface area (Å²) >= 11 is 0. The minimum absolute atomic E-state index is 0.0160. The molecule has 6 heteroatoms. The molecule has 3 N–H and O–H groups in total. The molecule has 1 heterocycles. The minimum Gasteiger partial charge on any atom is -0.378 e. The van der Waals surface area contributed by atoms with E-state index in [1.165, 1.54) is 5.69 Å². The number of hydrogen-bond acceptors (Lipinski definition) is 4. The van der Waals surface area contributed by atoms with Gasteiger partial charge in [-0.1, -0.05) is 13.8 Å². The van der Waals surface area contributed by atoms with E-state index in [1.807, 2.05) is 38.7 Å². The zero-order chi connectivity index (χ0) is 16.8. The minimum atomic E-state index is -0.868. The molecular weight excluding hydrogens is 292 g/mol. The lowest BCUT2D eigenvalue weighted by Gasteiger charge is -2.57. The number of hydrogen-bond donors (Lipinski definition) is 2. The van der Waals surface area contributed by atoms with Crippen LogP contribution in [0.3, 0.4) is 0 Å². The topological polar surface area (TPSA) is 82.2 Å². The first-order valence-corrected chi connectivity index (χ1v) is 8.53. The van der Waals surface area contributed by atoms with Gasteiger partial charge in [0.25, 0.3) is 0 Å². The fraction of sp³-hybridized carbons (Fsp3) is 0.765. The Hall–Kier alpha value is -1.40. The van der Waals surface area contributed by atoms with Gasteiger partial charge in [0, 0.05) is 36.7 Å². The second-order valence-corrected chi connectivity index (χ2v) is 7.43. The molecule has 3 atom stereocenters. The van der Waals surface area contributed by atoms with E-state index in [9.17, 15) is 4.79 Å². The summed E-state index contributed by atoms with van der Waals surface area (Å²) in [7, 11) is 1.95. The first-order chi connectivity index (χ1) is 10.8. The van der Waals surface area contributed by atoms with Crippen molar-refractivity contribution in [2.75, 3.05) is 6.61 Å². The van der Waals surface area contributed by atoms with Crippen molar-refractivity contribution in [3.8, 4) is 0 Å². The average Bonchev–Trinajstić information content (AvgIpc) is 2.89. The Kier molecular flexibility index (Phi) is 4.01. The van der Waals surface area contributed by atoms with Gasteiger partial charge in [0.15, 0.2) is 0 Å². The monoisotopic (exact) mass is 320 g/mol. The highest BCUT2D eigenvalue weighted by molar-refractivity contribution is 5.89. The van der Waals surface area contributed by atoms with Crippen LogP contribution in [0.15, 0.2) is 6.20 Å². The number of carbonyl (C=O) groups is 1. The van der Waals surface area contributed by atoms with E-state index in [0.717, 1.165) is 24.8 Å². The highest BCUT2D eigenvalue weighted by Crippen LogP contribution is 2.50. The Morgan fingerprint density at radius 1 is 1.57 bits per heavy atom. The van der Waals surface area contributed by atoms with Crippen molar-refractivity contribution in [1.82, 2.24) is 15.1 Å². The van der Waals surface area contributed by atoms with Crippen LogP contribution in [0.5, 0.6) is 0 Å². The molecular formula is C17H28N4O2. The number of nitrogens with zero attached hydrogens (tertiary/aromatic N) is 2. The maximum Gasteiger partial charge on any atom is 0.241 e. The molecule has 23 heavy (non-hydrogen) atoms. The van der Waals surface area contributed by atoms with E-state index < -0.39 is 5.54 Å². The molecule has 0 aromatic carbocycles. The van der Waals surface area contributed by atoms with Crippen LogP contribution < -0.4 is 11.1 Å². The molecule has 6 nitrogen and oxygen atoms in total. The van der Waals surface area contributed by atoms with Crippen LogP contribution in [0.2, 0.25) is 0 Å². The lowest BCUT2D eigenvalue weighted by Crippen LogP contribution is -2.75. The number of rotatable bonds is 4. The van der Waals surface area contributed by atoms with E-state index in [0.29, 0.717) is 13.0 Å². The molecule has 0 bridgehead atoms. The number of carbonyl (C=O) groups excluding carboxylic acids is 1. The maximum atomic E-state index is 12.9. The molecule has 1 aromatic heterocycles. The van der Waals surface area contributed by atoms with Crippen LogP contribution >= 0.6 is 0 Å². The normalized spacial score (nSPS) is 32.0. The maximum absolute atomic E-state index is 12.9. The SMILES string of the molecule is CCOC1CC(N)(C(=O)NC2CCCc3c2cnn3C)C1(C)C. The predicted molar refractivity (Wildman–Crippen MR) is 87.8 cm³/mol. The molecule has 0 aliphatic heterocycles. The summed E-state index contributed by atoms with van der Waals surface area (Å²) in [5, 5.41) is 7.51. The van der Waals surface area contributed by atoms with Crippen molar-refractivity contribution in [1.29, 1.82) is 0 Å². The van der Waals surface area contributed by atoms with Crippen LogP contribution in [0.4, 0.5) is 0 Å². The van der Waals surface area contributed by atoms with Gasteiger partial charge in [-0.05, 0) is 26.2 Å². The highest BCUT2D eigenvalue weighted by Gasteiger charge is 2.63. The Balaban J connectivity index is 1.73. The summed E-state index contributed by atoms with van der Waals surface area (Å²) in [6.45, 7) is 6.66. The fourth-order valence-electron chi connectivity index (χ4n) is 3.96. The number of nitrogens with two attached hydrogens (primary N) is 1. The van der Waals surface area contributed by atoms with Crippen LogP contribution in [0.1, 0.15) is 57.3 Å². The lowest BCUT2D eigenvalue weighted by atomic mass is 9.54. The van der Waals surface area contributed by atoms with Crippen LogP contribution in [-0.4, -0.2) is 33.9 Å². The summed E-state index contributed by atoms with van der Waals surface area (Å²) in [4.78, 5) is 12.9. The van der Waals surface area contributed by atoms with Gasteiger partial charge in [-0.15, -0.1) is 0 Å². The first kappa shape index (κ1) is 16.5. The highest BCUT2D eigenvalue weighted by atomic mass is 16.5. The molecule has 128 valence electrons. The summed E-state index contributed by atoms with van der Waals surface area (Å²) in [6, 6.07) is 0.0160. The predicted octanol–water partition coefficient (Wildman–Crippen LogP) is 1.45. The quantitative estimate of drug-likeness (QED) is 0.879. The zero-order valence-electron chi connectivity index (χ0n) is 14.6. The third-order valence-electron chi connectivity index (χ3n) is 5.92. The molecule has 0 saturated heterocycles. The molecule has 1 aromatic rings. The fourth-order valence-corrected chi connectivity index (χ4v) is 3.96. The van der Waals surface area contributed by atoms with Crippen LogP contribution in [0.25, 0.3) is 0 Å². The van der Waals surface area contributed by atoms with Gasteiger partial charge in [0.1, 0.15) is 5.54 Å². The van der Waals surface area contributed by atoms with Gasteiger partial charge >= 0.3 is 0 Å². The number of ether oxygens (including phenoxy) is 1. The summed E-state index contributed by atoms with van der Waals surface area (Å²) < 4.78 is 7.62. The molecule has 3 unspecified atom stereocenters. The summed E-state index contributed by atoms with van der Waals surface area (Å²) in [5.74, 6) is -0.0693. The Morgan fingerprint density at radius 3 is 2.96 bits per heavy atom. The molecule has 1 fully saturated rings. The number of fused-ring (bicyclic) bond motifs is 1. The van der Waals surface area contributed by atoms with Crippen molar-refractivity contribution in [2.24, 2.45) is 18.2 Å². The van der Waals surface area contributed by atoms with Crippen molar-refractivity contribution < 1.29 is 9.53 Å². The Morgan fingerprint density at radius 2 is 2.30 bits per heavy atom. The van der Waals surface area contributed by atoms with Gasteiger partial charge in [0.05, 0.1) is 18.3 Å². The average molecular weight is 320 g/mol. The van der Waals surface area contributed by atoms with Crippen LogP contribution in [0, 0.1) is 5.41 Å². The largest absolute Gasteiger partial charge is 0.378 e. The van der Waals surface area contributed by atoms with Gasteiger partial charge in [-0.2, -0.15) is 5.10 Å². The van der Waals surface area contributed by atoms with Gasteiger partial charge in [0.2, 0.25) is 5.91 Å². The smallest absolute Gasteiger partial charge is 0.241 e. The van der Waals surface area contributed by atoms with Crippen molar-refractivity contribution in [3.05, 3.63) is 17.5 Å². The number of aromatic nitrogens is 2. The Labute approximate surface area is 137 Å². The molecule has 3 rings (SSSR count). The van der Waals surface area contributed by atoms with Gasteiger partial charge in [-0.3, -0.25) is 9.48 Å². The summed E-state index contributed by atoms with van der Waals surface area (Å²) in [5.41, 5.74) is 7.59. The van der Waals surface area contributed by atoms with Crippen LogP contribution in [-0.2, 0) is 23.0 Å². The second-order valence-electron chi connectivity index (χ2n) is 7.43. The van der Waals surface area contributed by atoms with E-state index >= 15 is 0 Å². The first-order valence-electron chi connectivity index (χ1n) is 8.53. The van der Waals surface area contributed by atoms with Crippen molar-refractivity contribution >= 4 is 5.91 Å². The number of amides is 1. The molecule has 1 saturated carbocycles. The summed E-state index contributed by atoms with van der Waals surface area (Å²) in [6.07, 6.45) is 5.51. The zero-order valence-corrected chi connectivity index (χ0v) is 14.6. The van der Waals surface area contributed by atoms with Crippen molar-refractivity contribution in [3.63, 3.8) is 0 Å². The molecule has 2 aliphatic carbocycles. The number of nitrogens with one attached hydrogen (secondary N) is 1. The molecule has 0 spiro atoms. The third-order valence-corrected chi connectivity index (χ3v) is 5.92. The van der Waals surface area contributed by atoms with E-state index in [1.54, 1.807) is 0 Å². The number of aryl methyl sites for hydroxylation is 1.